The van der Waals surface area contributed by atoms with Crippen molar-refractivity contribution >= 4 is 11.8 Å². The molecule has 2 fully saturated rings. The number of hydrogen-bond acceptors (Lipinski definition) is 4. The maximum atomic E-state index is 14.0. The molecule has 2 aromatic carbocycles. The molecule has 34 heavy (non-hydrogen) atoms. The molecule has 1 aliphatic carbocycles. The second-order valence-electron chi connectivity index (χ2n) is 9.04. The molecule has 2 aromatic rings. The zero-order chi connectivity index (χ0) is 24.2. The monoisotopic (exact) mass is 467 g/mol. The van der Waals surface area contributed by atoms with Crippen LogP contribution < -0.4 is 5.32 Å². The number of amides is 2. The van der Waals surface area contributed by atoms with Gasteiger partial charge in [0.25, 0.3) is 5.91 Å². The first-order valence-corrected chi connectivity index (χ1v) is 11.6. The van der Waals surface area contributed by atoms with Crippen LogP contribution in [0.4, 0.5) is 8.78 Å². The number of carbonyl (C=O) groups is 2. The molecule has 0 bridgehead atoms. The minimum absolute atomic E-state index is 0.114. The molecule has 0 unspecified atom stereocenters. The highest BCUT2D eigenvalue weighted by Crippen LogP contribution is 2.37. The standard InChI is InChI=1S/C26H27F2N3O3/c1-30-25(32)21-9-17(11-22(27)14-21)8-16-2-4-19(5-3-16)26(33)31-24(6-7-34-31)20-10-18(15-29)12-23(28)13-20/h9-14,16,19,24H,2-8H2,1H3,(H,30,32)/t16-,19-,24-/m0/s1. The molecule has 1 aliphatic heterocycles. The Morgan fingerprint density at radius 3 is 2.50 bits per heavy atom. The molecule has 0 spiro atoms. The van der Waals surface area contributed by atoms with Crippen LogP contribution in [-0.2, 0) is 16.1 Å². The van der Waals surface area contributed by atoms with E-state index in [9.17, 15) is 18.4 Å². The minimum atomic E-state index is -0.509. The van der Waals surface area contributed by atoms with Crippen molar-refractivity contribution in [3.05, 3.63) is 70.3 Å². The SMILES string of the molecule is CNC(=O)c1cc(F)cc(C[C@H]2CC[C@H](C(=O)N3OCC[C@H]3c3cc(F)cc(C#N)c3)CC2)c1. The second kappa shape index (κ2) is 10.3. The number of nitriles is 1. The highest BCUT2D eigenvalue weighted by atomic mass is 19.1. The number of benzene rings is 2. The number of hydrogen-bond donors (Lipinski definition) is 1. The Labute approximate surface area is 197 Å². The third-order valence-electron chi connectivity index (χ3n) is 6.72. The predicted molar refractivity (Wildman–Crippen MR) is 120 cm³/mol. The smallest absolute Gasteiger partial charge is 0.251 e. The topological polar surface area (TPSA) is 82.4 Å². The number of carbonyl (C=O) groups excluding carboxylic acids is 2. The van der Waals surface area contributed by atoms with Gasteiger partial charge in [-0.2, -0.15) is 5.26 Å². The van der Waals surface area contributed by atoms with Gasteiger partial charge in [0.05, 0.1) is 24.3 Å². The maximum absolute atomic E-state index is 14.0. The molecule has 6 nitrogen and oxygen atoms in total. The van der Waals surface area contributed by atoms with Crippen LogP contribution in [0.2, 0.25) is 0 Å². The van der Waals surface area contributed by atoms with Gasteiger partial charge in [-0.3, -0.25) is 14.4 Å². The van der Waals surface area contributed by atoms with E-state index in [-0.39, 0.29) is 23.3 Å². The zero-order valence-electron chi connectivity index (χ0n) is 19.0. The average Bonchev–Trinajstić information content (AvgIpc) is 3.33. The lowest BCUT2D eigenvalue weighted by atomic mass is 9.78. The van der Waals surface area contributed by atoms with Crippen LogP contribution >= 0.6 is 0 Å². The first-order valence-electron chi connectivity index (χ1n) is 11.6. The molecule has 1 saturated heterocycles. The lowest BCUT2D eigenvalue weighted by Gasteiger charge is -2.32. The fourth-order valence-electron chi connectivity index (χ4n) is 5.03. The highest BCUT2D eigenvalue weighted by Gasteiger charge is 2.37. The summed E-state index contributed by atoms with van der Waals surface area (Å²) in [5, 5.41) is 13.0. The number of hydroxylamine groups is 2. The van der Waals surface area contributed by atoms with E-state index in [1.54, 1.807) is 12.1 Å². The lowest BCUT2D eigenvalue weighted by molar-refractivity contribution is -0.183. The summed E-state index contributed by atoms with van der Waals surface area (Å²) in [6.07, 6.45) is 4.16. The predicted octanol–water partition coefficient (Wildman–Crippen LogP) is 4.45. The van der Waals surface area contributed by atoms with Crippen molar-refractivity contribution in [2.45, 2.75) is 44.6 Å². The normalized spacial score (nSPS) is 22.3. The van der Waals surface area contributed by atoms with Gasteiger partial charge in [-0.1, -0.05) is 0 Å². The summed E-state index contributed by atoms with van der Waals surface area (Å²) >= 11 is 0. The first-order chi connectivity index (χ1) is 16.4. The second-order valence-corrected chi connectivity index (χ2v) is 9.04. The van der Waals surface area contributed by atoms with Gasteiger partial charge in [0.2, 0.25) is 5.91 Å². The Hall–Kier alpha value is -3.31. The van der Waals surface area contributed by atoms with Crippen LogP contribution in [0.25, 0.3) is 0 Å². The third-order valence-corrected chi connectivity index (χ3v) is 6.72. The van der Waals surface area contributed by atoms with E-state index in [1.807, 2.05) is 6.07 Å². The maximum Gasteiger partial charge on any atom is 0.251 e. The van der Waals surface area contributed by atoms with Crippen LogP contribution in [-0.4, -0.2) is 30.5 Å². The summed E-state index contributed by atoms with van der Waals surface area (Å²) in [5.74, 6) is -1.29. The third kappa shape index (κ3) is 5.26. The van der Waals surface area contributed by atoms with Crippen molar-refractivity contribution in [2.24, 2.45) is 11.8 Å². The Morgan fingerprint density at radius 1 is 1.06 bits per heavy atom. The molecule has 1 saturated carbocycles. The van der Waals surface area contributed by atoms with Crippen molar-refractivity contribution in [2.75, 3.05) is 13.7 Å². The van der Waals surface area contributed by atoms with Gasteiger partial charge in [0.1, 0.15) is 11.6 Å². The van der Waals surface area contributed by atoms with E-state index in [0.717, 1.165) is 18.4 Å². The van der Waals surface area contributed by atoms with Gasteiger partial charge in [0.15, 0.2) is 0 Å². The summed E-state index contributed by atoms with van der Waals surface area (Å²) in [4.78, 5) is 30.7. The summed E-state index contributed by atoms with van der Waals surface area (Å²) in [5.41, 5.74) is 1.85. The minimum Gasteiger partial charge on any atom is -0.355 e. The lowest BCUT2D eigenvalue weighted by Crippen LogP contribution is -2.36. The quantitative estimate of drug-likeness (QED) is 0.704. The van der Waals surface area contributed by atoms with E-state index >= 15 is 0 Å². The highest BCUT2D eigenvalue weighted by molar-refractivity contribution is 5.94. The van der Waals surface area contributed by atoms with Crippen LogP contribution in [0.1, 0.15) is 65.2 Å². The van der Waals surface area contributed by atoms with E-state index < -0.39 is 17.7 Å². The van der Waals surface area contributed by atoms with E-state index in [4.69, 9.17) is 10.1 Å². The molecule has 2 aliphatic rings. The van der Waals surface area contributed by atoms with Crippen molar-refractivity contribution in [1.82, 2.24) is 10.4 Å². The van der Waals surface area contributed by atoms with Crippen molar-refractivity contribution in [1.29, 1.82) is 5.26 Å². The van der Waals surface area contributed by atoms with Gasteiger partial charge < -0.3 is 5.32 Å². The number of nitrogens with zero attached hydrogens (tertiary/aromatic N) is 2. The molecule has 0 aromatic heterocycles. The molecular formula is C26H27F2N3O3. The molecule has 1 heterocycles. The Kier molecular flexibility index (Phi) is 7.23. The molecular weight excluding hydrogens is 440 g/mol. The van der Waals surface area contributed by atoms with E-state index in [0.29, 0.717) is 49.3 Å². The summed E-state index contributed by atoms with van der Waals surface area (Å²) in [6.45, 7) is 0.359. The average molecular weight is 468 g/mol. The molecule has 2 amide bonds. The van der Waals surface area contributed by atoms with Gasteiger partial charge in [-0.15, -0.1) is 0 Å². The molecule has 178 valence electrons. The van der Waals surface area contributed by atoms with Gasteiger partial charge in [-0.25, -0.2) is 13.8 Å². The summed E-state index contributed by atoms with van der Waals surface area (Å²) in [6, 6.07) is 10.1. The molecule has 1 atom stereocenters. The van der Waals surface area contributed by atoms with Crippen molar-refractivity contribution < 1.29 is 23.2 Å². The van der Waals surface area contributed by atoms with E-state index in [1.165, 1.54) is 36.4 Å². The number of nitrogens with one attached hydrogen (secondary N) is 1. The van der Waals surface area contributed by atoms with Crippen LogP contribution in [0.5, 0.6) is 0 Å². The zero-order valence-corrected chi connectivity index (χ0v) is 19.0. The Bertz CT molecular complexity index is 1120. The van der Waals surface area contributed by atoms with Gasteiger partial charge >= 0.3 is 0 Å². The molecule has 0 radical (unpaired) electrons. The van der Waals surface area contributed by atoms with E-state index in [2.05, 4.69) is 5.32 Å². The molecule has 4 rings (SSSR count). The Balaban J connectivity index is 1.38. The van der Waals surface area contributed by atoms with Crippen molar-refractivity contribution in [3.63, 3.8) is 0 Å². The Morgan fingerprint density at radius 2 is 1.79 bits per heavy atom. The molecule has 8 heteroatoms. The summed E-state index contributed by atoms with van der Waals surface area (Å²) in [7, 11) is 1.51. The number of halogens is 2. The van der Waals surface area contributed by atoms with Crippen LogP contribution in [0.3, 0.4) is 0 Å². The summed E-state index contributed by atoms with van der Waals surface area (Å²) < 4.78 is 27.9. The van der Waals surface area contributed by atoms with Crippen LogP contribution in [0.15, 0.2) is 36.4 Å². The first kappa shape index (κ1) is 23.8. The largest absolute Gasteiger partial charge is 0.355 e. The van der Waals surface area contributed by atoms with Crippen LogP contribution in [0, 0.1) is 34.8 Å². The molecule has 1 N–H and O–H groups in total. The van der Waals surface area contributed by atoms with Gasteiger partial charge in [0, 0.05) is 24.9 Å². The number of rotatable bonds is 5. The van der Waals surface area contributed by atoms with Crippen molar-refractivity contribution in [3.8, 4) is 6.07 Å². The fraction of sp³-hybridized carbons (Fsp3) is 0.423. The fourth-order valence-corrected chi connectivity index (χ4v) is 5.03. The van der Waals surface area contributed by atoms with Gasteiger partial charge in [-0.05, 0) is 85.5 Å².